The zero-order chi connectivity index (χ0) is 18.9. The van der Waals surface area contributed by atoms with Gasteiger partial charge < -0.3 is 20.0 Å². The minimum atomic E-state index is -0.510. The first kappa shape index (κ1) is 20.4. The predicted molar refractivity (Wildman–Crippen MR) is 105 cm³/mol. The lowest BCUT2D eigenvalue weighted by molar-refractivity contribution is 0.0608. The molecule has 28 heavy (non-hydrogen) atoms. The number of nitrogens with one attached hydrogen (secondary N) is 2. The molecule has 4 rings (SSSR count). The van der Waals surface area contributed by atoms with Gasteiger partial charge in [0.1, 0.15) is 12.1 Å². The van der Waals surface area contributed by atoms with Crippen LogP contribution in [0.1, 0.15) is 40.0 Å². The second kappa shape index (κ2) is 8.32. The number of amides is 2. The average molecular weight is 408 g/mol. The van der Waals surface area contributed by atoms with Gasteiger partial charge in [-0.1, -0.05) is 0 Å². The number of piperidine rings is 1. The lowest BCUT2D eigenvalue weighted by Gasteiger charge is -2.39. The average Bonchev–Trinajstić information content (AvgIpc) is 3.35. The largest absolute Gasteiger partial charge is 0.472 e. The number of hydrogen-bond acceptors (Lipinski definition) is 4. The lowest BCUT2D eigenvalue weighted by Crippen LogP contribution is -2.44. The van der Waals surface area contributed by atoms with Gasteiger partial charge in [0.15, 0.2) is 0 Å². The van der Waals surface area contributed by atoms with E-state index in [-0.39, 0.29) is 24.0 Å². The van der Waals surface area contributed by atoms with Gasteiger partial charge in [-0.15, -0.1) is 12.4 Å². The standard InChI is InChI=1S/C20H22FN3O3.ClH/c21-15-1-2-16(17(11-15)23-18(25)14-3-10-27-12-14)19(26)24-8-5-20(6-9-24)4-7-22-13-20;/h1-3,10-12,22H,4-9,13H2,(H,23,25);1H. The summed E-state index contributed by atoms with van der Waals surface area (Å²) in [7, 11) is 0. The summed E-state index contributed by atoms with van der Waals surface area (Å²) >= 11 is 0. The van der Waals surface area contributed by atoms with E-state index < -0.39 is 11.7 Å². The third-order valence-corrected chi connectivity index (χ3v) is 5.69. The van der Waals surface area contributed by atoms with Gasteiger partial charge in [-0.3, -0.25) is 9.59 Å². The molecule has 2 fully saturated rings. The van der Waals surface area contributed by atoms with Crippen molar-refractivity contribution in [2.75, 3.05) is 31.5 Å². The van der Waals surface area contributed by atoms with Gasteiger partial charge in [-0.2, -0.15) is 0 Å². The number of benzene rings is 1. The molecule has 0 radical (unpaired) electrons. The molecule has 2 aliphatic rings. The highest BCUT2D eigenvalue weighted by Crippen LogP contribution is 2.37. The maximum Gasteiger partial charge on any atom is 0.258 e. The number of likely N-dealkylation sites (tertiary alicyclic amines) is 1. The lowest BCUT2D eigenvalue weighted by atomic mass is 9.78. The second-order valence-corrected chi connectivity index (χ2v) is 7.38. The molecule has 2 aliphatic heterocycles. The van der Waals surface area contributed by atoms with Crippen LogP contribution in [0.15, 0.2) is 41.2 Å². The maximum absolute atomic E-state index is 13.7. The first-order valence-electron chi connectivity index (χ1n) is 9.19. The minimum absolute atomic E-state index is 0. The van der Waals surface area contributed by atoms with Crippen molar-refractivity contribution in [2.45, 2.75) is 19.3 Å². The van der Waals surface area contributed by atoms with Crippen LogP contribution in [0.25, 0.3) is 0 Å². The van der Waals surface area contributed by atoms with E-state index >= 15 is 0 Å². The van der Waals surface area contributed by atoms with E-state index in [4.69, 9.17) is 4.42 Å². The number of carbonyl (C=O) groups is 2. The second-order valence-electron chi connectivity index (χ2n) is 7.38. The molecule has 1 aromatic carbocycles. The SMILES string of the molecule is Cl.O=C(Nc1cc(F)ccc1C(=O)N1CCC2(CCNC2)CC1)c1ccoc1. The molecule has 2 aromatic rings. The summed E-state index contributed by atoms with van der Waals surface area (Å²) < 4.78 is 18.6. The van der Waals surface area contributed by atoms with Gasteiger partial charge in [0.25, 0.3) is 11.8 Å². The Labute approximate surface area is 168 Å². The highest BCUT2D eigenvalue weighted by Gasteiger charge is 2.38. The van der Waals surface area contributed by atoms with E-state index in [1.165, 1.54) is 36.8 Å². The number of anilines is 1. The molecule has 3 heterocycles. The van der Waals surface area contributed by atoms with E-state index in [9.17, 15) is 14.0 Å². The fourth-order valence-electron chi connectivity index (χ4n) is 3.97. The van der Waals surface area contributed by atoms with Crippen LogP contribution in [0.3, 0.4) is 0 Å². The number of rotatable bonds is 3. The first-order valence-corrected chi connectivity index (χ1v) is 9.19. The zero-order valence-corrected chi connectivity index (χ0v) is 16.2. The van der Waals surface area contributed by atoms with Crippen molar-refractivity contribution in [3.63, 3.8) is 0 Å². The molecule has 2 amide bonds. The molecule has 150 valence electrons. The van der Waals surface area contributed by atoms with Crippen molar-refractivity contribution in [1.29, 1.82) is 0 Å². The summed E-state index contributed by atoms with van der Waals surface area (Å²) in [6.45, 7) is 3.40. The highest BCUT2D eigenvalue weighted by atomic mass is 35.5. The molecule has 2 N–H and O–H groups in total. The minimum Gasteiger partial charge on any atom is -0.472 e. The van der Waals surface area contributed by atoms with Gasteiger partial charge >= 0.3 is 0 Å². The number of halogens is 2. The van der Waals surface area contributed by atoms with E-state index in [0.717, 1.165) is 32.4 Å². The fourth-order valence-corrected chi connectivity index (χ4v) is 3.97. The van der Waals surface area contributed by atoms with Crippen molar-refractivity contribution in [3.8, 4) is 0 Å². The Morgan fingerprint density at radius 2 is 1.96 bits per heavy atom. The van der Waals surface area contributed by atoms with E-state index in [1.54, 1.807) is 4.90 Å². The molecular formula is C20H23ClFN3O3. The summed E-state index contributed by atoms with van der Waals surface area (Å²) in [5.41, 5.74) is 1.09. The normalized spacial score (nSPS) is 18.0. The zero-order valence-electron chi connectivity index (χ0n) is 15.4. The van der Waals surface area contributed by atoms with Crippen LogP contribution in [0.4, 0.5) is 10.1 Å². The van der Waals surface area contributed by atoms with Crippen LogP contribution in [-0.2, 0) is 0 Å². The van der Waals surface area contributed by atoms with Gasteiger partial charge in [-0.05, 0) is 55.5 Å². The van der Waals surface area contributed by atoms with Crippen molar-refractivity contribution >= 4 is 29.9 Å². The molecule has 2 saturated heterocycles. The quantitative estimate of drug-likeness (QED) is 0.818. The van der Waals surface area contributed by atoms with Crippen molar-refractivity contribution in [1.82, 2.24) is 10.2 Å². The summed E-state index contributed by atoms with van der Waals surface area (Å²) in [6, 6.07) is 5.37. The third-order valence-electron chi connectivity index (χ3n) is 5.69. The van der Waals surface area contributed by atoms with Crippen LogP contribution in [-0.4, -0.2) is 42.9 Å². The van der Waals surface area contributed by atoms with Crippen LogP contribution >= 0.6 is 12.4 Å². The van der Waals surface area contributed by atoms with Gasteiger partial charge in [-0.25, -0.2) is 4.39 Å². The Morgan fingerprint density at radius 3 is 2.61 bits per heavy atom. The molecule has 1 spiro atoms. The Balaban J connectivity index is 0.00000225. The fraction of sp³-hybridized carbons (Fsp3) is 0.400. The van der Waals surface area contributed by atoms with Crippen LogP contribution in [0.2, 0.25) is 0 Å². The number of hydrogen-bond donors (Lipinski definition) is 2. The summed E-state index contributed by atoms with van der Waals surface area (Å²) in [5, 5.41) is 6.03. The summed E-state index contributed by atoms with van der Waals surface area (Å²) in [5.74, 6) is -1.14. The van der Waals surface area contributed by atoms with Gasteiger partial charge in [0.05, 0.1) is 23.1 Å². The van der Waals surface area contributed by atoms with E-state index in [2.05, 4.69) is 10.6 Å². The first-order chi connectivity index (χ1) is 13.1. The Bertz CT molecular complexity index is 840. The van der Waals surface area contributed by atoms with Crippen LogP contribution in [0.5, 0.6) is 0 Å². The number of furan rings is 1. The summed E-state index contributed by atoms with van der Waals surface area (Å²) in [4.78, 5) is 27.1. The Hall–Kier alpha value is -2.38. The predicted octanol–water partition coefficient (Wildman–Crippen LogP) is 3.31. The topological polar surface area (TPSA) is 74.6 Å². The maximum atomic E-state index is 13.7. The smallest absolute Gasteiger partial charge is 0.258 e. The monoisotopic (exact) mass is 407 g/mol. The molecule has 0 saturated carbocycles. The summed E-state index contributed by atoms with van der Waals surface area (Å²) in [6.07, 6.45) is 5.76. The molecule has 0 unspecified atom stereocenters. The highest BCUT2D eigenvalue weighted by molar-refractivity contribution is 6.08. The Kier molecular flexibility index (Phi) is 6.05. The van der Waals surface area contributed by atoms with Crippen LogP contribution < -0.4 is 10.6 Å². The molecule has 6 nitrogen and oxygen atoms in total. The molecule has 0 bridgehead atoms. The molecule has 1 aromatic heterocycles. The van der Waals surface area contributed by atoms with Crippen LogP contribution in [0, 0.1) is 11.2 Å². The third kappa shape index (κ3) is 4.05. The number of nitrogens with zero attached hydrogens (tertiary/aromatic N) is 1. The van der Waals surface area contributed by atoms with Gasteiger partial charge in [0.2, 0.25) is 0 Å². The number of carbonyl (C=O) groups excluding carboxylic acids is 2. The molecule has 0 aliphatic carbocycles. The molecule has 0 atom stereocenters. The van der Waals surface area contributed by atoms with Gasteiger partial charge in [0, 0.05) is 19.6 Å². The van der Waals surface area contributed by atoms with Crippen molar-refractivity contribution in [2.24, 2.45) is 5.41 Å². The van der Waals surface area contributed by atoms with E-state index in [0.29, 0.717) is 29.6 Å². The molecule has 8 heteroatoms. The van der Waals surface area contributed by atoms with Crippen molar-refractivity contribution < 1.29 is 18.4 Å². The van der Waals surface area contributed by atoms with Crippen molar-refractivity contribution in [3.05, 3.63) is 53.7 Å². The Morgan fingerprint density at radius 1 is 1.18 bits per heavy atom. The molecular weight excluding hydrogens is 385 g/mol. The van der Waals surface area contributed by atoms with E-state index in [1.807, 2.05) is 0 Å².